The van der Waals surface area contributed by atoms with Gasteiger partial charge in [-0.3, -0.25) is 21.1 Å². The number of hydrogen-bond donors (Lipinski definition) is 8. The molecular weight excluding hydrogens is 347 g/mol. The van der Waals surface area contributed by atoms with Gasteiger partial charge in [-0.25, -0.2) is 5.84 Å². The van der Waals surface area contributed by atoms with Crippen molar-refractivity contribution >= 4 is 92.1 Å². The molecule has 0 aliphatic rings. The molecule has 112 valence electrons. The Kier molecular flexibility index (Phi) is 12.7. The average Bonchev–Trinajstić information content (AvgIpc) is 2.39. The van der Waals surface area contributed by atoms with Crippen LogP contribution in [0.3, 0.4) is 0 Å². The van der Waals surface area contributed by atoms with Crippen molar-refractivity contribution in [3.63, 3.8) is 0 Å². The van der Waals surface area contributed by atoms with E-state index in [0.29, 0.717) is 0 Å². The number of hydrazine groups is 2. The van der Waals surface area contributed by atoms with Gasteiger partial charge < -0.3 is 20.4 Å². The van der Waals surface area contributed by atoms with E-state index in [2.05, 4.69) is 35.7 Å². The van der Waals surface area contributed by atoms with Crippen molar-refractivity contribution < 1.29 is 25.2 Å². The van der Waals surface area contributed by atoms with Gasteiger partial charge in [-0.05, 0) is 42.6 Å². The van der Waals surface area contributed by atoms with Crippen molar-refractivity contribution in [2.24, 2.45) is 5.84 Å². The van der Waals surface area contributed by atoms with E-state index in [1.54, 1.807) is 0 Å². The number of thiocarbonyl (C=S) groups is 2. The molecule has 1 rings (SSSR count). The van der Waals surface area contributed by atoms with Crippen LogP contribution in [-0.2, 0) is 0 Å². The molecule has 0 aliphatic heterocycles. The summed E-state index contributed by atoms with van der Waals surface area (Å²) in [6, 6.07) is 3.54. The van der Waals surface area contributed by atoms with Gasteiger partial charge in [0, 0.05) is 5.56 Å². The molecule has 0 atom stereocenters. The van der Waals surface area contributed by atoms with Crippen LogP contribution in [0.2, 0.25) is 0 Å². The third-order valence-corrected chi connectivity index (χ3v) is 1.86. The van der Waals surface area contributed by atoms with E-state index in [-0.39, 0.29) is 67.9 Å². The van der Waals surface area contributed by atoms with Crippen molar-refractivity contribution in [2.75, 3.05) is 0 Å². The number of amides is 1. The molecule has 0 saturated heterocycles. The second-order valence-electron chi connectivity index (χ2n) is 3.04. The molecule has 1 aromatic carbocycles. The minimum atomic E-state index is -0.610. The van der Waals surface area contributed by atoms with E-state index in [9.17, 15) is 4.79 Å². The summed E-state index contributed by atoms with van der Waals surface area (Å²) in [5.74, 6) is 3.19. The number of nitrogens with one attached hydrogen (secondary N) is 3. The molecule has 0 radical (unpaired) electrons. The Hall–Kier alpha value is -0.734. The monoisotopic (exact) mass is 360 g/mol. The van der Waals surface area contributed by atoms with Gasteiger partial charge in [0.25, 0.3) is 16.3 Å². The van der Waals surface area contributed by atoms with Crippen molar-refractivity contribution in [3.8, 4) is 11.5 Å². The zero-order chi connectivity index (χ0) is 15.7. The maximum atomic E-state index is 11.3. The first-order valence-electron chi connectivity index (χ1n) is 4.78. The number of aliphatic hydroxyl groups is 2. The number of benzene rings is 1. The SMILES string of the molecule is NNC(O)=S.O=C(NNC(O)=S)c1ccc(O)c(O)c1.[KH]. The van der Waals surface area contributed by atoms with E-state index >= 15 is 0 Å². The zero-order valence-electron chi connectivity index (χ0n) is 9.82. The first kappa shape index (κ1) is 22.5. The molecule has 0 saturated carbocycles. The Bertz CT molecular complexity index is 517. The van der Waals surface area contributed by atoms with Gasteiger partial charge in [0.15, 0.2) is 11.5 Å². The van der Waals surface area contributed by atoms with Crippen LogP contribution in [0, 0.1) is 0 Å². The van der Waals surface area contributed by atoms with E-state index in [1.165, 1.54) is 12.1 Å². The van der Waals surface area contributed by atoms with Gasteiger partial charge in [-0.15, -0.1) is 0 Å². The molecule has 12 heteroatoms. The van der Waals surface area contributed by atoms with Crippen LogP contribution >= 0.6 is 24.4 Å². The van der Waals surface area contributed by atoms with E-state index < -0.39 is 16.8 Å². The fraction of sp³-hybridized carbons (Fsp3) is 0. The summed E-state index contributed by atoms with van der Waals surface area (Å²) in [5.41, 5.74) is 6.01. The summed E-state index contributed by atoms with van der Waals surface area (Å²) in [4.78, 5) is 11.3. The molecule has 0 aromatic heterocycles. The third-order valence-electron chi connectivity index (χ3n) is 1.64. The first-order chi connectivity index (χ1) is 9.27. The van der Waals surface area contributed by atoms with Gasteiger partial charge in [-0.1, -0.05) is 0 Å². The topological polar surface area (TPSA) is 160 Å². The molecule has 0 spiro atoms. The second kappa shape index (κ2) is 11.9. The Labute approximate surface area is 172 Å². The summed E-state index contributed by atoms with van der Waals surface area (Å²) in [7, 11) is 0. The fourth-order valence-corrected chi connectivity index (χ4v) is 0.898. The summed E-state index contributed by atoms with van der Waals surface area (Å²) in [6.45, 7) is 0. The molecular formula is C9H13KN4O5S2. The molecule has 1 amide bonds. The van der Waals surface area contributed by atoms with Gasteiger partial charge in [-0.2, -0.15) is 0 Å². The Morgan fingerprint density at radius 2 is 1.57 bits per heavy atom. The zero-order valence-corrected chi connectivity index (χ0v) is 11.5. The van der Waals surface area contributed by atoms with Crippen molar-refractivity contribution in [1.29, 1.82) is 0 Å². The normalized spacial score (nSPS) is 8.24. The summed E-state index contributed by atoms with van der Waals surface area (Å²) in [6.07, 6.45) is 0. The molecule has 0 heterocycles. The van der Waals surface area contributed by atoms with Gasteiger partial charge in [0.05, 0.1) is 0 Å². The molecule has 21 heavy (non-hydrogen) atoms. The van der Waals surface area contributed by atoms with Crippen LogP contribution in [0.15, 0.2) is 18.2 Å². The number of nitrogens with two attached hydrogens (primary N) is 1. The van der Waals surface area contributed by atoms with E-state index in [4.69, 9.17) is 20.4 Å². The predicted molar refractivity (Wildman–Crippen MR) is 85.3 cm³/mol. The molecule has 0 fully saturated rings. The molecule has 0 bridgehead atoms. The second-order valence-corrected chi connectivity index (χ2v) is 3.81. The van der Waals surface area contributed by atoms with Crippen molar-refractivity contribution in [2.45, 2.75) is 0 Å². The standard InChI is InChI=1S/C8H8N2O4S.CH4N2OS.K.H/c11-5-2-1-4(3-6(5)12)7(13)9-10-8(14)15;2-3-1(4)5;;/h1-3,11-12H,(H,9,13)(H2,10,14,15);2H2,(H2,3,4,5);;. The Morgan fingerprint density at radius 1 is 1.05 bits per heavy atom. The summed E-state index contributed by atoms with van der Waals surface area (Å²) < 4.78 is 0. The molecule has 9 nitrogen and oxygen atoms in total. The average molecular weight is 360 g/mol. The van der Waals surface area contributed by atoms with Crippen LogP contribution < -0.4 is 22.1 Å². The maximum absolute atomic E-state index is 11.3. The Balaban J connectivity index is 0. The number of aliphatic hydroxyl groups excluding tert-OH is 2. The number of hydrogen-bond acceptors (Lipinski definition) is 6. The molecule has 1 aromatic rings. The molecule has 0 aliphatic carbocycles. The number of carbonyl (C=O) groups is 1. The number of phenolic OH excluding ortho intramolecular Hbond substituents is 2. The van der Waals surface area contributed by atoms with Crippen molar-refractivity contribution in [1.82, 2.24) is 16.3 Å². The van der Waals surface area contributed by atoms with Crippen LogP contribution in [0.4, 0.5) is 0 Å². The number of rotatable bonds is 1. The van der Waals surface area contributed by atoms with Gasteiger partial charge >= 0.3 is 51.4 Å². The molecule has 0 unspecified atom stereocenters. The van der Waals surface area contributed by atoms with Crippen molar-refractivity contribution in [3.05, 3.63) is 23.8 Å². The van der Waals surface area contributed by atoms with Gasteiger partial charge in [0.1, 0.15) is 0 Å². The first-order valence-corrected chi connectivity index (χ1v) is 5.60. The number of aromatic hydroxyl groups is 2. The summed E-state index contributed by atoms with van der Waals surface area (Å²) >= 11 is 8.27. The van der Waals surface area contributed by atoms with Crippen LogP contribution in [0.5, 0.6) is 11.5 Å². The van der Waals surface area contributed by atoms with E-state index in [0.717, 1.165) is 6.07 Å². The number of carbonyl (C=O) groups excluding carboxylic acids is 1. The van der Waals surface area contributed by atoms with Crippen LogP contribution in [0.25, 0.3) is 0 Å². The predicted octanol–water partition coefficient (Wildman–Crippen LogP) is -1.18. The third kappa shape index (κ3) is 10.6. The van der Waals surface area contributed by atoms with Gasteiger partial charge in [0.2, 0.25) is 0 Å². The van der Waals surface area contributed by atoms with Crippen LogP contribution in [-0.4, -0.2) is 88.1 Å². The quantitative estimate of drug-likeness (QED) is 0.101. The van der Waals surface area contributed by atoms with Crippen LogP contribution in [0.1, 0.15) is 10.4 Å². The number of phenols is 2. The summed E-state index contributed by atoms with van der Waals surface area (Å²) in [5, 5.41) is 33.5. The Morgan fingerprint density at radius 3 is 1.95 bits per heavy atom. The van der Waals surface area contributed by atoms with E-state index in [1.807, 2.05) is 10.9 Å². The molecule has 9 N–H and O–H groups in total. The fourth-order valence-electron chi connectivity index (χ4n) is 0.847. The minimum absolute atomic E-state index is 0.